The molecular formula is C17H24N2O2. The number of carbonyl (C=O) groups excluding carboxylic acids is 1. The lowest BCUT2D eigenvalue weighted by Gasteiger charge is -2.42. The molecule has 1 aliphatic heterocycles. The second-order valence-electron chi connectivity index (χ2n) is 6.70. The highest BCUT2D eigenvalue weighted by Crippen LogP contribution is 2.42. The van der Waals surface area contributed by atoms with Crippen molar-refractivity contribution < 1.29 is 9.53 Å². The van der Waals surface area contributed by atoms with Crippen LogP contribution in [0.3, 0.4) is 0 Å². The van der Waals surface area contributed by atoms with Gasteiger partial charge in [-0.2, -0.15) is 0 Å². The van der Waals surface area contributed by atoms with Crippen molar-refractivity contribution in [3.05, 3.63) is 23.9 Å². The van der Waals surface area contributed by atoms with Crippen LogP contribution in [0, 0.1) is 12.3 Å². The molecule has 114 valence electrons. The third-order valence-corrected chi connectivity index (χ3v) is 4.87. The summed E-state index contributed by atoms with van der Waals surface area (Å²) in [6.07, 6.45) is 7.10. The number of carbonyl (C=O) groups is 1. The van der Waals surface area contributed by atoms with Gasteiger partial charge < -0.3 is 9.64 Å². The van der Waals surface area contributed by atoms with Gasteiger partial charge in [0.05, 0.1) is 0 Å². The van der Waals surface area contributed by atoms with E-state index >= 15 is 0 Å². The van der Waals surface area contributed by atoms with Gasteiger partial charge in [-0.3, -0.25) is 4.79 Å². The van der Waals surface area contributed by atoms with Crippen LogP contribution in [0.1, 0.15) is 44.6 Å². The lowest BCUT2D eigenvalue weighted by atomic mass is 9.69. The Morgan fingerprint density at radius 2 is 2.05 bits per heavy atom. The first-order chi connectivity index (χ1) is 10.1. The van der Waals surface area contributed by atoms with Crippen molar-refractivity contribution in [2.75, 3.05) is 13.1 Å². The van der Waals surface area contributed by atoms with Crippen molar-refractivity contribution in [1.29, 1.82) is 0 Å². The van der Waals surface area contributed by atoms with E-state index in [0.717, 1.165) is 44.3 Å². The van der Waals surface area contributed by atoms with Crippen LogP contribution in [0.4, 0.5) is 0 Å². The first kappa shape index (κ1) is 14.4. The normalized spacial score (nSPS) is 21.7. The number of likely N-dealkylation sites (tertiary alicyclic amines) is 1. The Balaban J connectivity index is 1.51. The average Bonchev–Trinajstić information content (AvgIpc) is 2.47. The van der Waals surface area contributed by atoms with E-state index in [4.69, 9.17) is 4.74 Å². The van der Waals surface area contributed by atoms with E-state index in [1.54, 1.807) is 0 Å². The maximum absolute atomic E-state index is 12.5. The minimum atomic E-state index is -0.0772. The van der Waals surface area contributed by atoms with Crippen LogP contribution < -0.4 is 4.74 Å². The first-order valence-electron chi connectivity index (χ1n) is 7.95. The van der Waals surface area contributed by atoms with Crippen LogP contribution in [-0.4, -0.2) is 35.0 Å². The van der Waals surface area contributed by atoms with Crippen molar-refractivity contribution in [1.82, 2.24) is 9.88 Å². The monoisotopic (exact) mass is 288 g/mol. The number of rotatable bonds is 3. The fourth-order valence-electron chi connectivity index (χ4n) is 3.17. The number of pyridine rings is 1. The predicted molar refractivity (Wildman–Crippen MR) is 81.2 cm³/mol. The standard InChI is InChI=1S/C17H24N2O2/c1-13-4-5-15(18-12-13)21-14-6-10-19(11-7-14)16(20)17(2)8-3-9-17/h4-5,12,14H,3,6-11H2,1-2H3. The summed E-state index contributed by atoms with van der Waals surface area (Å²) in [5.41, 5.74) is 1.06. The van der Waals surface area contributed by atoms with Crippen LogP contribution in [0.5, 0.6) is 5.88 Å². The fourth-order valence-corrected chi connectivity index (χ4v) is 3.17. The number of piperidine rings is 1. The van der Waals surface area contributed by atoms with Crippen LogP contribution in [0.15, 0.2) is 18.3 Å². The molecule has 0 atom stereocenters. The maximum atomic E-state index is 12.5. The van der Waals surface area contributed by atoms with Gasteiger partial charge in [0.1, 0.15) is 6.10 Å². The summed E-state index contributed by atoms with van der Waals surface area (Å²) in [6, 6.07) is 3.93. The minimum Gasteiger partial charge on any atom is -0.474 e. The lowest BCUT2D eigenvalue weighted by molar-refractivity contribution is -0.147. The molecule has 2 fully saturated rings. The van der Waals surface area contributed by atoms with Gasteiger partial charge >= 0.3 is 0 Å². The van der Waals surface area contributed by atoms with E-state index in [1.807, 2.05) is 30.2 Å². The van der Waals surface area contributed by atoms with Gasteiger partial charge in [0, 0.05) is 43.6 Å². The van der Waals surface area contributed by atoms with Crippen LogP contribution in [-0.2, 0) is 4.79 Å². The van der Waals surface area contributed by atoms with Crippen LogP contribution in [0.2, 0.25) is 0 Å². The molecule has 3 rings (SSSR count). The van der Waals surface area contributed by atoms with Crippen molar-refractivity contribution in [3.8, 4) is 5.88 Å². The van der Waals surface area contributed by atoms with Gasteiger partial charge in [0.2, 0.25) is 11.8 Å². The van der Waals surface area contributed by atoms with E-state index in [2.05, 4.69) is 11.9 Å². The molecule has 1 amide bonds. The molecular weight excluding hydrogens is 264 g/mol. The van der Waals surface area contributed by atoms with Gasteiger partial charge in [-0.25, -0.2) is 4.98 Å². The summed E-state index contributed by atoms with van der Waals surface area (Å²) in [7, 11) is 0. The Kier molecular flexibility index (Phi) is 3.87. The third kappa shape index (κ3) is 3.04. The number of hydrogen-bond acceptors (Lipinski definition) is 3. The highest BCUT2D eigenvalue weighted by molar-refractivity contribution is 5.83. The molecule has 4 nitrogen and oxygen atoms in total. The SMILES string of the molecule is Cc1ccc(OC2CCN(C(=O)C3(C)CCC3)CC2)nc1. The molecule has 0 unspecified atom stereocenters. The Morgan fingerprint density at radius 3 is 2.57 bits per heavy atom. The van der Waals surface area contributed by atoms with Gasteiger partial charge in [0.25, 0.3) is 0 Å². The van der Waals surface area contributed by atoms with Gasteiger partial charge in [-0.05, 0) is 25.3 Å². The molecule has 1 aromatic rings. The second kappa shape index (κ2) is 5.66. The number of aromatic nitrogens is 1. The van der Waals surface area contributed by atoms with E-state index in [0.29, 0.717) is 11.8 Å². The van der Waals surface area contributed by atoms with Crippen LogP contribution >= 0.6 is 0 Å². The zero-order chi connectivity index (χ0) is 14.9. The first-order valence-corrected chi connectivity index (χ1v) is 7.95. The molecule has 21 heavy (non-hydrogen) atoms. The van der Waals surface area contributed by atoms with Crippen molar-refractivity contribution in [2.24, 2.45) is 5.41 Å². The van der Waals surface area contributed by atoms with E-state index in [9.17, 15) is 4.79 Å². The molecule has 1 aliphatic carbocycles. The van der Waals surface area contributed by atoms with Crippen LogP contribution in [0.25, 0.3) is 0 Å². The maximum Gasteiger partial charge on any atom is 0.228 e. The number of amides is 1. The molecule has 0 spiro atoms. The molecule has 1 saturated carbocycles. The van der Waals surface area contributed by atoms with E-state index in [-0.39, 0.29) is 11.5 Å². The van der Waals surface area contributed by atoms with Gasteiger partial charge in [-0.15, -0.1) is 0 Å². The number of ether oxygens (including phenoxy) is 1. The Hall–Kier alpha value is -1.58. The minimum absolute atomic E-state index is 0.0772. The highest BCUT2D eigenvalue weighted by atomic mass is 16.5. The summed E-state index contributed by atoms with van der Waals surface area (Å²) >= 11 is 0. The van der Waals surface area contributed by atoms with Gasteiger partial charge in [-0.1, -0.05) is 19.4 Å². The molecule has 1 aromatic heterocycles. The zero-order valence-electron chi connectivity index (χ0n) is 13.0. The summed E-state index contributed by atoms with van der Waals surface area (Å²) < 4.78 is 5.92. The molecule has 0 N–H and O–H groups in total. The van der Waals surface area contributed by atoms with Crippen molar-refractivity contribution >= 4 is 5.91 Å². The molecule has 2 heterocycles. The smallest absolute Gasteiger partial charge is 0.228 e. The largest absolute Gasteiger partial charge is 0.474 e. The molecule has 0 aromatic carbocycles. The number of hydrogen-bond donors (Lipinski definition) is 0. The topological polar surface area (TPSA) is 42.4 Å². The zero-order valence-corrected chi connectivity index (χ0v) is 13.0. The molecule has 4 heteroatoms. The highest BCUT2D eigenvalue weighted by Gasteiger charge is 2.42. The number of nitrogens with zero attached hydrogens (tertiary/aromatic N) is 2. The fraction of sp³-hybridized carbons (Fsp3) is 0.647. The number of aryl methyl sites for hydroxylation is 1. The Bertz CT molecular complexity index is 500. The summed E-state index contributed by atoms with van der Waals surface area (Å²) in [5, 5.41) is 0. The predicted octanol–water partition coefficient (Wildman–Crippen LogP) is 2.95. The van der Waals surface area contributed by atoms with Crippen molar-refractivity contribution in [3.63, 3.8) is 0 Å². The average molecular weight is 288 g/mol. The van der Waals surface area contributed by atoms with Crippen molar-refractivity contribution in [2.45, 2.75) is 52.1 Å². The second-order valence-corrected chi connectivity index (χ2v) is 6.70. The Labute approximate surface area is 126 Å². The molecule has 2 aliphatic rings. The Morgan fingerprint density at radius 1 is 1.33 bits per heavy atom. The third-order valence-electron chi connectivity index (χ3n) is 4.87. The molecule has 1 saturated heterocycles. The summed E-state index contributed by atoms with van der Waals surface area (Å²) in [4.78, 5) is 18.8. The van der Waals surface area contributed by atoms with E-state index < -0.39 is 0 Å². The van der Waals surface area contributed by atoms with Gasteiger partial charge in [0.15, 0.2) is 0 Å². The summed E-state index contributed by atoms with van der Waals surface area (Å²) in [6.45, 7) is 5.75. The van der Waals surface area contributed by atoms with E-state index in [1.165, 1.54) is 6.42 Å². The summed E-state index contributed by atoms with van der Waals surface area (Å²) in [5.74, 6) is 1.04. The molecule has 0 bridgehead atoms. The quantitative estimate of drug-likeness (QED) is 0.859. The molecule has 0 radical (unpaired) electrons. The lowest BCUT2D eigenvalue weighted by Crippen LogP contribution is -2.50.